The van der Waals surface area contributed by atoms with E-state index in [2.05, 4.69) is 102 Å². The molecule has 7 heteroatoms. The standard InChI is InChI=1S/C34H27N5O.Pt/c1-34(2,3)23-18-25(38-22-37(4)32-33(38)36-17-16-35-32)20-27(19-23)40-26-14-15-29-28-12-8-9-13-30(28)39(31(29)21-26)24-10-6-5-7-11-24;/h5-10,12-19,22H,1-4H3;/q-4;+4. The Balaban J connectivity index is 0.00000302. The molecule has 2 aromatic heterocycles. The molecule has 204 valence electrons. The Morgan fingerprint density at radius 1 is 0.805 bits per heavy atom. The van der Waals surface area contributed by atoms with Crippen molar-refractivity contribution in [1.29, 1.82) is 0 Å². The first-order chi connectivity index (χ1) is 19.4. The van der Waals surface area contributed by atoms with E-state index >= 15 is 0 Å². The predicted molar refractivity (Wildman–Crippen MR) is 159 cm³/mol. The molecular formula is C34H27N5OPt. The zero-order valence-electron chi connectivity index (χ0n) is 23.1. The van der Waals surface area contributed by atoms with E-state index in [1.165, 1.54) is 0 Å². The van der Waals surface area contributed by atoms with Crippen LogP contribution in [0.3, 0.4) is 0 Å². The molecule has 7 rings (SSSR count). The number of hydrogen-bond acceptors (Lipinski definition) is 5. The normalized spacial score (nSPS) is 13.0. The van der Waals surface area contributed by atoms with Crippen molar-refractivity contribution in [3.63, 3.8) is 0 Å². The number of benzene rings is 4. The number of ether oxygens (including phenoxy) is 1. The number of hydrogen-bond donors (Lipinski definition) is 0. The Bertz CT molecular complexity index is 1880. The molecule has 0 spiro atoms. The Morgan fingerprint density at radius 2 is 1.59 bits per heavy atom. The van der Waals surface area contributed by atoms with Crippen LogP contribution in [0.15, 0.2) is 85.2 Å². The summed E-state index contributed by atoms with van der Waals surface area (Å²) in [5, 5.41) is 2.27. The number of nitrogens with zero attached hydrogens (tertiary/aromatic N) is 5. The molecule has 0 atom stereocenters. The number of aromatic nitrogens is 3. The zero-order chi connectivity index (χ0) is 27.4. The molecule has 0 fully saturated rings. The van der Waals surface area contributed by atoms with E-state index in [-0.39, 0.29) is 26.5 Å². The molecular weight excluding hydrogens is 689 g/mol. The molecule has 0 aliphatic carbocycles. The first-order valence-corrected chi connectivity index (χ1v) is 13.2. The molecule has 0 saturated heterocycles. The van der Waals surface area contributed by atoms with Gasteiger partial charge in [0.2, 0.25) is 0 Å². The second-order valence-electron chi connectivity index (χ2n) is 11.0. The van der Waals surface area contributed by atoms with Gasteiger partial charge in [0.15, 0.2) is 0 Å². The summed E-state index contributed by atoms with van der Waals surface area (Å²) in [6.07, 6.45) is 3.41. The van der Waals surface area contributed by atoms with Crippen LogP contribution in [0, 0.1) is 24.9 Å². The van der Waals surface area contributed by atoms with Gasteiger partial charge in [0.25, 0.3) is 0 Å². The molecule has 3 heterocycles. The van der Waals surface area contributed by atoms with Gasteiger partial charge >= 0.3 is 21.1 Å². The van der Waals surface area contributed by atoms with E-state index in [1.54, 1.807) is 12.4 Å². The van der Waals surface area contributed by atoms with Gasteiger partial charge in [0.05, 0.1) is 0 Å². The van der Waals surface area contributed by atoms with Crippen LogP contribution in [0.5, 0.6) is 11.5 Å². The van der Waals surface area contributed by atoms with Crippen molar-refractivity contribution in [2.75, 3.05) is 16.8 Å². The van der Waals surface area contributed by atoms with Crippen molar-refractivity contribution in [2.45, 2.75) is 26.2 Å². The van der Waals surface area contributed by atoms with Gasteiger partial charge in [-0.15, -0.1) is 54.0 Å². The fourth-order valence-electron chi connectivity index (χ4n) is 5.17. The minimum Gasteiger partial charge on any atom is -0.509 e. The predicted octanol–water partition coefficient (Wildman–Crippen LogP) is 7.77. The minimum atomic E-state index is -0.109. The van der Waals surface area contributed by atoms with Crippen LogP contribution in [0.1, 0.15) is 26.3 Å². The van der Waals surface area contributed by atoms with Crippen LogP contribution in [0.2, 0.25) is 0 Å². The Kier molecular flexibility index (Phi) is 6.83. The SMILES string of the molecule is CN1[CH-]N(c2[c-]c(Oc3[c-]c4c(cc3)c3ccccc3n4-c3[c-]cccc3)cc(C(C)(C)C)c2)c2nccnc21.[Pt+4]. The monoisotopic (exact) mass is 716 g/mol. The largest absolute Gasteiger partial charge is 4.00 e. The van der Waals surface area contributed by atoms with Gasteiger partial charge in [-0.2, -0.15) is 30.3 Å². The van der Waals surface area contributed by atoms with Crippen LogP contribution in [-0.2, 0) is 26.5 Å². The smallest absolute Gasteiger partial charge is 0.509 e. The maximum absolute atomic E-state index is 6.50. The molecule has 0 N–H and O–H groups in total. The summed E-state index contributed by atoms with van der Waals surface area (Å²) >= 11 is 0. The van der Waals surface area contributed by atoms with Crippen molar-refractivity contribution in [1.82, 2.24) is 14.5 Å². The molecule has 4 aromatic carbocycles. The van der Waals surface area contributed by atoms with Gasteiger partial charge in [-0.05, 0) is 23.9 Å². The van der Waals surface area contributed by atoms with E-state index in [9.17, 15) is 0 Å². The summed E-state index contributed by atoms with van der Waals surface area (Å²) in [6.45, 7) is 8.54. The van der Waals surface area contributed by atoms with Crippen molar-refractivity contribution in [3.8, 4) is 17.2 Å². The molecule has 0 saturated carbocycles. The summed E-state index contributed by atoms with van der Waals surface area (Å²) in [5.41, 5.74) is 4.85. The first-order valence-electron chi connectivity index (χ1n) is 13.2. The van der Waals surface area contributed by atoms with E-state index in [0.29, 0.717) is 11.5 Å². The van der Waals surface area contributed by atoms with Gasteiger partial charge in [-0.25, -0.2) is 9.97 Å². The molecule has 1 aliphatic heterocycles. The summed E-state index contributed by atoms with van der Waals surface area (Å²) < 4.78 is 8.68. The minimum absolute atomic E-state index is 0. The Labute approximate surface area is 254 Å². The maximum atomic E-state index is 6.50. The maximum Gasteiger partial charge on any atom is 4.00 e. The Morgan fingerprint density at radius 3 is 2.37 bits per heavy atom. The molecule has 6 aromatic rings. The van der Waals surface area contributed by atoms with E-state index < -0.39 is 0 Å². The molecule has 0 radical (unpaired) electrons. The van der Waals surface area contributed by atoms with Gasteiger partial charge in [-0.3, -0.25) is 0 Å². The number of para-hydroxylation sites is 2. The number of anilines is 3. The third-order valence-electron chi connectivity index (χ3n) is 7.18. The van der Waals surface area contributed by atoms with Crippen molar-refractivity contribution < 1.29 is 25.8 Å². The van der Waals surface area contributed by atoms with Gasteiger partial charge in [0.1, 0.15) is 11.6 Å². The van der Waals surface area contributed by atoms with Crippen LogP contribution >= 0.6 is 0 Å². The molecule has 1 aliphatic rings. The molecule has 6 nitrogen and oxygen atoms in total. The van der Waals surface area contributed by atoms with Crippen molar-refractivity contribution in [3.05, 3.63) is 116 Å². The average molecular weight is 717 g/mol. The molecule has 0 bridgehead atoms. The topological polar surface area (TPSA) is 46.4 Å². The summed E-state index contributed by atoms with van der Waals surface area (Å²) in [6, 6.07) is 35.0. The van der Waals surface area contributed by atoms with E-state index in [1.807, 2.05) is 47.8 Å². The van der Waals surface area contributed by atoms with Gasteiger partial charge < -0.3 is 19.1 Å². The van der Waals surface area contributed by atoms with Gasteiger partial charge in [0, 0.05) is 29.4 Å². The third kappa shape index (κ3) is 4.76. The van der Waals surface area contributed by atoms with Crippen LogP contribution in [0.25, 0.3) is 27.5 Å². The summed E-state index contributed by atoms with van der Waals surface area (Å²) in [4.78, 5) is 13.0. The molecule has 0 amide bonds. The first kappa shape index (κ1) is 27.0. The van der Waals surface area contributed by atoms with E-state index in [4.69, 9.17) is 4.74 Å². The van der Waals surface area contributed by atoms with E-state index in [0.717, 1.165) is 50.4 Å². The number of rotatable bonds is 4. The average Bonchev–Trinajstić information content (AvgIpc) is 3.47. The Hall–Kier alpha value is -4.15. The quantitative estimate of drug-likeness (QED) is 0.175. The van der Waals surface area contributed by atoms with Gasteiger partial charge in [-0.1, -0.05) is 55.9 Å². The number of fused-ring (bicyclic) bond motifs is 4. The van der Waals surface area contributed by atoms with Crippen LogP contribution in [0.4, 0.5) is 17.3 Å². The van der Waals surface area contributed by atoms with Crippen molar-refractivity contribution >= 4 is 39.1 Å². The fourth-order valence-corrected chi connectivity index (χ4v) is 5.17. The molecule has 0 unspecified atom stereocenters. The van der Waals surface area contributed by atoms with Crippen LogP contribution in [-0.4, -0.2) is 21.6 Å². The summed E-state index contributed by atoms with van der Waals surface area (Å²) in [5.74, 6) is 2.78. The van der Waals surface area contributed by atoms with Crippen molar-refractivity contribution in [2.24, 2.45) is 0 Å². The second-order valence-corrected chi connectivity index (χ2v) is 11.0. The van der Waals surface area contributed by atoms with Crippen LogP contribution < -0.4 is 14.5 Å². The molecule has 41 heavy (non-hydrogen) atoms. The fraction of sp³-hybridized carbons (Fsp3) is 0.147. The zero-order valence-corrected chi connectivity index (χ0v) is 25.4. The third-order valence-corrected chi connectivity index (χ3v) is 7.18. The second kappa shape index (κ2) is 10.4. The summed E-state index contributed by atoms with van der Waals surface area (Å²) in [7, 11) is 1.96.